The monoisotopic (exact) mass is 199 g/mol. The van der Waals surface area contributed by atoms with Crippen molar-refractivity contribution in [2.75, 3.05) is 24.6 Å². The average Bonchev–Trinajstić information content (AvgIpc) is 2.06. The van der Waals surface area contributed by atoms with Gasteiger partial charge in [0.05, 0.1) is 6.20 Å². The zero-order valence-corrected chi connectivity index (χ0v) is 7.78. The lowest BCUT2D eigenvalue weighted by Crippen LogP contribution is -2.48. The van der Waals surface area contributed by atoms with Crippen molar-refractivity contribution in [3.63, 3.8) is 0 Å². The minimum absolute atomic E-state index is 0.235. The Morgan fingerprint density at radius 2 is 2.38 bits per heavy atom. The molecule has 70 valence electrons. The van der Waals surface area contributed by atoms with Crippen LogP contribution in [-0.4, -0.2) is 34.8 Å². The van der Waals surface area contributed by atoms with Crippen molar-refractivity contribution in [3.05, 3.63) is 17.5 Å². The van der Waals surface area contributed by atoms with Crippen LogP contribution in [0.15, 0.2) is 12.5 Å². The SMILES string of the molecule is OCC1CN(c2ncncc2Cl)C1. The molecule has 0 unspecified atom stereocenters. The van der Waals surface area contributed by atoms with Gasteiger partial charge in [0.25, 0.3) is 0 Å². The fourth-order valence-corrected chi connectivity index (χ4v) is 1.62. The first-order chi connectivity index (χ1) is 6.31. The zero-order valence-electron chi connectivity index (χ0n) is 7.02. The first kappa shape index (κ1) is 8.72. The molecule has 4 nitrogen and oxygen atoms in total. The van der Waals surface area contributed by atoms with E-state index in [9.17, 15) is 0 Å². The van der Waals surface area contributed by atoms with Gasteiger partial charge in [0.15, 0.2) is 5.82 Å². The Bertz CT molecular complexity index is 301. The quantitative estimate of drug-likeness (QED) is 0.756. The Labute approximate surface area is 81.2 Å². The number of aliphatic hydroxyl groups excluding tert-OH is 1. The van der Waals surface area contributed by atoms with E-state index in [0.717, 1.165) is 18.9 Å². The van der Waals surface area contributed by atoms with Crippen molar-refractivity contribution >= 4 is 17.4 Å². The van der Waals surface area contributed by atoms with Crippen LogP contribution in [0.4, 0.5) is 5.82 Å². The van der Waals surface area contributed by atoms with Gasteiger partial charge in [0.2, 0.25) is 0 Å². The third-order valence-corrected chi connectivity index (χ3v) is 2.43. The molecule has 0 bridgehead atoms. The van der Waals surface area contributed by atoms with Gasteiger partial charge < -0.3 is 10.0 Å². The molecule has 0 saturated carbocycles. The van der Waals surface area contributed by atoms with Gasteiger partial charge in [-0.15, -0.1) is 0 Å². The summed E-state index contributed by atoms with van der Waals surface area (Å²) in [6, 6.07) is 0. The van der Waals surface area contributed by atoms with E-state index in [2.05, 4.69) is 9.97 Å². The molecule has 2 rings (SSSR count). The van der Waals surface area contributed by atoms with Gasteiger partial charge in [0, 0.05) is 25.6 Å². The van der Waals surface area contributed by atoms with Crippen LogP contribution in [-0.2, 0) is 0 Å². The predicted octanol–water partition coefficient (Wildman–Crippen LogP) is 0.558. The summed E-state index contributed by atoms with van der Waals surface area (Å²) in [7, 11) is 0. The molecule has 5 heteroatoms. The molecule has 0 spiro atoms. The van der Waals surface area contributed by atoms with Crippen LogP contribution >= 0.6 is 11.6 Å². The first-order valence-electron chi connectivity index (χ1n) is 4.12. The largest absolute Gasteiger partial charge is 0.396 e. The molecule has 1 aromatic rings. The molecular formula is C8H10ClN3O. The molecule has 1 fully saturated rings. The normalized spacial score (nSPS) is 17.2. The number of aromatic nitrogens is 2. The molecule has 2 heterocycles. The highest BCUT2D eigenvalue weighted by Crippen LogP contribution is 2.27. The van der Waals surface area contributed by atoms with Crippen molar-refractivity contribution in [2.24, 2.45) is 5.92 Å². The smallest absolute Gasteiger partial charge is 0.150 e. The van der Waals surface area contributed by atoms with E-state index in [4.69, 9.17) is 16.7 Å². The number of anilines is 1. The lowest BCUT2D eigenvalue weighted by Gasteiger charge is -2.39. The van der Waals surface area contributed by atoms with Gasteiger partial charge in [-0.25, -0.2) is 9.97 Å². The Morgan fingerprint density at radius 1 is 1.62 bits per heavy atom. The minimum Gasteiger partial charge on any atom is -0.396 e. The summed E-state index contributed by atoms with van der Waals surface area (Å²) in [5, 5.41) is 9.40. The molecule has 1 N–H and O–H groups in total. The van der Waals surface area contributed by atoms with Crippen molar-refractivity contribution in [3.8, 4) is 0 Å². The van der Waals surface area contributed by atoms with E-state index in [1.165, 1.54) is 6.33 Å². The van der Waals surface area contributed by atoms with E-state index in [1.807, 2.05) is 4.90 Å². The highest BCUT2D eigenvalue weighted by Gasteiger charge is 2.28. The maximum atomic E-state index is 8.83. The van der Waals surface area contributed by atoms with E-state index in [1.54, 1.807) is 6.20 Å². The van der Waals surface area contributed by atoms with E-state index in [-0.39, 0.29) is 6.61 Å². The summed E-state index contributed by atoms with van der Waals surface area (Å²) in [5.41, 5.74) is 0. The molecule has 1 aromatic heterocycles. The summed E-state index contributed by atoms with van der Waals surface area (Å²) >= 11 is 5.89. The van der Waals surface area contributed by atoms with Gasteiger partial charge in [-0.05, 0) is 0 Å². The van der Waals surface area contributed by atoms with Crippen LogP contribution in [0.2, 0.25) is 5.02 Å². The number of aliphatic hydroxyl groups is 1. The summed E-state index contributed by atoms with van der Waals surface area (Å²) in [4.78, 5) is 9.91. The third kappa shape index (κ3) is 1.59. The fraction of sp³-hybridized carbons (Fsp3) is 0.500. The Balaban J connectivity index is 2.07. The lowest BCUT2D eigenvalue weighted by atomic mass is 10.0. The van der Waals surface area contributed by atoms with Crippen LogP contribution in [0.5, 0.6) is 0 Å². The van der Waals surface area contributed by atoms with Gasteiger partial charge >= 0.3 is 0 Å². The molecule has 0 aromatic carbocycles. The Morgan fingerprint density at radius 3 is 3.00 bits per heavy atom. The van der Waals surface area contributed by atoms with Gasteiger partial charge in [-0.3, -0.25) is 0 Å². The van der Waals surface area contributed by atoms with Crippen molar-refractivity contribution < 1.29 is 5.11 Å². The summed E-state index contributed by atoms with van der Waals surface area (Å²) < 4.78 is 0. The van der Waals surface area contributed by atoms with E-state index in [0.29, 0.717) is 10.9 Å². The molecule has 0 amide bonds. The number of hydrogen-bond donors (Lipinski definition) is 1. The third-order valence-electron chi connectivity index (χ3n) is 2.16. The standard InChI is InChI=1S/C8H10ClN3O/c9-7-1-10-5-11-8(7)12-2-6(3-12)4-13/h1,5-6,13H,2-4H2. The number of hydrogen-bond acceptors (Lipinski definition) is 4. The summed E-state index contributed by atoms with van der Waals surface area (Å²) in [6.45, 7) is 1.89. The van der Waals surface area contributed by atoms with Gasteiger partial charge in [-0.1, -0.05) is 11.6 Å². The van der Waals surface area contributed by atoms with Crippen LogP contribution in [0.25, 0.3) is 0 Å². The highest BCUT2D eigenvalue weighted by atomic mass is 35.5. The minimum atomic E-state index is 0.235. The highest BCUT2D eigenvalue weighted by molar-refractivity contribution is 6.32. The van der Waals surface area contributed by atoms with E-state index < -0.39 is 0 Å². The second kappa shape index (κ2) is 3.47. The first-order valence-corrected chi connectivity index (χ1v) is 4.50. The van der Waals surface area contributed by atoms with Crippen LogP contribution < -0.4 is 4.90 Å². The number of halogens is 1. The second-order valence-electron chi connectivity index (χ2n) is 3.15. The van der Waals surface area contributed by atoms with Crippen LogP contribution in [0.1, 0.15) is 0 Å². The maximum absolute atomic E-state index is 8.83. The molecule has 0 aliphatic carbocycles. The molecule has 1 saturated heterocycles. The topological polar surface area (TPSA) is 49.2 Å². The van der Waals surface area contributed by atoms with Gasteiger partial charge in [-0.2, -0.15) is 0 Å². The van der Waals surface area contributed by atoms with Crippen LogP contribution in [0, 0.1) is 5.92 Å². The molecule has 1 aliphatic heterocycles. The predicted molar refractivity (Wildman–Crippen MR) is 49.8 cm³/mol. The molecule has 1 aliphatic rings. The number of rotatable bonds is 2. The molecule has 0 radical (unpaired) electrons. The Hall–Kier alpha value is -0.870. The van der Waals surface area contributed by atoms with E-state index >= 15 is 0 Å². The lowest BCUT2D eigenvalue weighted by molar-refractivity contribution is 0.200. The second-order valence-corrected chi connectivity index (χ2v) is 3.56. The van der Waals surface area contributed by atoms with Crippen molar-refractivity contribution in [1.29, 1.82) is 0 Å². The van der Waals surface area contributed by atoms with Gasteiger partial charge in [0.1, 0.15) is 11.3 Å². The van der Waals surface area contributed by atoms with Crippen LogP contribution in [0.3, 0.4) is 0 Å². The number of nitrogens with zero attached hydrogens (tertiary/aromatic N) is 3. The average molecular weight is 200 g/mol. The zero-order chi connectivity index (χ0) is 9.26. The molecule has 0 atom stereocenters. The molecule has 13 heavy (non-hydrogen) atoms. The van der Waals surface area contributed by atoms with Crippen molar-refractivity contribution in [1.82, 2.24) is 9.97 Å². The summed E-state index contributed by atoms with van der Waals surface area (Å²) in [5.74, 6) is 1.13. The van der Waals surface area contributed by atoms with Crippen molar-refractivity contribution in [2.45, 2.75) is 0 Å². The fourth-order valence-electron chi connectivity index (χ4n) is 1.40. The Kier molecular flexibility index (Phi) is 2.33. The summed E-state index contributed by atoms with van der Waals surface area (Å²) in [6.07, 6.45) is 3.06. The maximum Gasteiger partial charge on any atom is 0.150 e. The molecular weight excluding hydrogens is 190 g/mol.